The monoisotopic (exact) mass is 263 g/mol. The van der Waals surface area contributed by atoms with Crippen LogP contribution in [0.3, 0.4) is 0 Å². The fraction of sp³-hybridized carbons (Fsp3) is 0.308. The molecule has 1 aromatic carbocycles. The molecule has 19 heavy (non-hydrogen) atoms. The molecule has 3 N–H and O–H groups in total. The summed E-state index contributed by atoms with van der Waals surface area (Å²) in [6.45, 7) is 1.89. The van der Waals surface area contributed by atoms with E-state index in [2.05, 4.69) is 10.2 Å². The van der Waals surface area contributed by atoms with Gasteiger partial charge in [-0.3, -0.25) is 5.10 Å². The van der Waals surface area contributed by atoms with Crippen molar-refractivity contribution in [2.24, 2.45) is 0 Å². The molecule has 1 heterocycles. The molecule has 0 saturated carbocycles. The van der Waals surface area contributed by atoms with E-state index in [4.69, 9.17) is 19.9 Å². The Bertz CT molecular complexity index is 593. The topological polar surface area (TPSA) is 82.4 Å². The second kappa shape index (κ2) is 5.09. The lowest BCUT2D eigenvalue weighted by atomic mass is 10.1. The number of nitrogens with zero attached hydrogens (tertiary/aromatic N) is 1. The van der Waals surface area contributed by atoms with Crippen LogP contribution in [0, 0.1) is 6.92 Å². The van der Waals surface area contributed by atoms with E-state index in [9.17, 15) is 0 Å². The summed E-state index contributed by atoms with van der Waals surface area (Å²) in [5.41, 5.74) is 8.25. The molecule has 0 aliphatic heterocycles. The van der Waals surface area contributed by atoms with Crippen molar-refractivity contribution >= 4 is 5.82 Å². The number of aromatic nitrogens is 2. The van der Waals surface area contributed by atoms with Crippen molar-refractivity contribution in [1.29, 1.82) is 0 Å². The van der Waals surface area contributed by atoms with Crippen LogP contribution in [-0.2, 0) is 0 Å². The highest BCUT2D eigenvalue weighted by Crippen LogP contribution is 2.44. The standard InChI is InChI=1S/C13H17N3O3/c1-7-10(15-16-13(7)14)8-5-6-9(17-2)12(19-4)11(8)18-3/h5-6H,1-4H3,(H3,14,15,16). The number of nitrogens with two attached hydrogens (primary N) is 1. The number of ether oxygens (including phenoxy) is 3. The summed E-state index contributed by atoms with van der Waals surface area (Å²) in [5.74, 6) is 2.18. The highest BCUT2D eigenvalue weighted by Gasteiger charge is 2.20. The maximum Gasteiger partial charge on any atom is 0.203 e. The Morgan fingerprint density at radius 2 is 1.74 bits per heavy atom. The number of anilines is 1. The Kier molecular flexibility index (Phi) is 3.50. The Balaban J connectivity index is 2.67. The predicted octanol–water partition coefficient (Wildman–Crippen LogP) is 1.99. The summed E-state index contributed by atoms with van der Waals surface area (Å²) in [5, 5.41) is 6.89. The van der Waals surface area contributed by atoms with Crippen LogP contribution < -0.4 is 19.9 Å². The molecule has 0 amide bonds. The van der Waals surface area contributed by atoms with Crippen LogP contribution in [0.2, 0.25) is 0 Å². The van der Waals surface area contributed by atoms with Gasteiger partial charge in [0.15, 0.2) is 11.5 Å². The van der Waals surface area contributed by atoms with Gasteiger partial charge in [0.25, 0.3) is 0 Å². The lowest BCUT2D eigenvalue weighted by molar-refractivity contribution is 0.325. The van der Waals surface area contributed by atoms with Gasteiger partial charge in [0.05, 0.1) is 27.0 Å². The molecular formula is C13H17N3O3. The van der Waals surface area contributed by atoms with Gasteiger partial charge in [-0.25, -0.2) is 0 Å². The molecule has 0 bridgehead atoms. The first kappa shape index (κ1) is 13.1. The van der Waals surface area contributed by atoms with Crippen molar-refractivity contribution in [1.82, 2.24) is 10.2 Å². The molecule has 2 aromatic rings. The second-order valence-corrected chi connectivity index (χ2v) is 3.99. The molecule has 0 saturated heterocycles. The van der Waals surface area contributed by atoms with E-state index in [0.717, 1.165) is 16.8 Å². The maximum atomic E-state index is 5.76. The minimum absolute atomic E-state index is 0.465. The number of aromatic amines is 1. The molecule has 1 aromatic heterocycles. The number of methoxy groups -OCH3 is 3. The van der Waals surface area contributed by atoms with Crippen LogP contribution in [0.4, 0.5) is 5.82 Å². The van der Waals surface area contributed by atoms with Crippen molar-refractivity contribution in [2.45, 2.75) is 6.92 Å². The lowest BCUT2D eigenvalue weighted by Gasteiger charge is -2.15. The third-order valence-electron chi connectivity index (χ3n) is 3.02. The number of nitrogens with one attached hydrogen (secondary N) is 1. The van der Waals surface area contributed by atoms with Crippen LogP contribution >= 0.6 is 0 Å². The SMILES string of the molecule is COc1ccc(-c2[nH]nc(N)c2C)c(OC)c1OC. The molecule has 0 spiro atoms. The van der Waals surface area contributed by atoms with Crippen molar-refractivity contribution in [3.05, 3.63) is 17.7 Å². The van der Waals surface area contributed by atoms with Crippen LogP contribution in [0.5, 0.6) is 17.2 Å². The van der Waals surface area contributed by atoms with E-state index in [1.54, 1.807) is 21.3 Å². The van der Waals surface area contributed by atoms with Gasteiger partial charge < -0.3 is 19.9 Å². The highest BCUT2D eigenvalue weighted by atomic mass is 16.5. The van der Waals surface area contributed by atoms with Crippen molar-refractivity contribution in [2.75, 3.05) is 27.1 Å². The Morgan fingerprint density at radius 1 is 1.05 bits per heavy atom. The minimum atomic E-state index is 0.465. The Labute approximate surface area is 111 Å². The maximum absolute atomic E-state index is 5.76. The average Bonchev–Trinajstić information content (AvgIpc) is 2.77. The quantitative estimate of drug-likeness (QED) is 0.881. The first-order valence-corrected chi connectivity index (χ1v) is 5.73. The zero-order valence-corrected chi connectivity index (χ0v) is 11.4. The predicted molar refractivity (Wildman–Crippen MR) is 72.8 cm³/mol. The van der Waals surface area contributed by atoms with Crippen LogP contribution in [0.15, 0.2) is 12.1 Å². The van der Waals surface area contributed by atoms with Crippen LogP contribution in [0.25, 0.3) is 11.3 Å². The molecule has 6 nitrogen and oxygen atoms in total. The number of hydrogen-bond acceptors (Lipinski definition) is 5. The fourth-order valence-electron chi connectivity index (χ4n) is 1.97. The summed E-state index contributed by atoms with van der Waals surface area (Å²) < 4.78 is 16.0. The first-order chi connectivity index (χ1) is 9.13. The number of nitrogen functional groups attached to an aromatic ring is 1. The van der Waals surface area contributed by atoms with E-state index in [1.165, 1.54) is 0 Å². The van der Waals surface area contributed by atoms with Crippen LogP contribution in [-0.4, -0.2) is 31.5 Å². The molecular weight excluding hydrogens is 246 g/mol. The number of benzene rings is 1. The summed E-state index contributed by atoms with van der Waals surface area (Å²) in [6, 6.07) is 3.69. The van der Waals surface area contributed by atoms with Gasteiger partial charge in [0, 0.05) is 11.1 Å². The van der Waals surface area contributed by atoms with Crippen molar-refractivity contribution < 1.29 is 14.2 Å². The fourth-order valence-corrected chi connectivity index (χ4v) is 1.97. The van der Waals surface area contributed by atoms with E-state index in [1.807, 2.05) is 19.1 Å². The number of hydrogen-bond donors (Lipinski definition) is 2. The summed E-state index contributed by atoms with van der Waals surface area (Å²) >= 11 is 0. The Hall–Kier alpha value is -2.37. The van der Waals surface area contributed by atoms with E-state index < -0.39 is 0 Å². The summed E-state index contributed by atoms with van der Waals surface area (Å²) in [4.78, 5) is 0. The van der Waals surface area contributed by atoms with Gasteiger partial charge in [-0.1, -0.05) is 0 Å². The molecule has 0 radical (unpaired) electrons. The molecule has 0 atom stereocenters. The molecule has 0 unspecified atom stereocenters. The van der Waals surface area contributed by atoms with Gasteiger partial charge in [-0.2, -0.15) is 5.10 Å². The van der Waals surface area contributed by atoms with Crippen LogP contribution in [0.1, 0.15) is 5.56 Å². The third kappa shape index (κ3) is 2.05. The minimum Gasteiger partial charge on any atom is -0.493 e. The van der Waals surface area contributed by atoms with E-state index >= 15 is 0 Å². The second-order valence-electron chi connectivity index (χ2n) is 3.99. The molecule has 2 rings (SSSR count). The third-order valence-corrected chi connectivity index (χ3v) is 3.02. The van der Waals surface area contributed by atoms with Gasteiger partial charge in [-0.15, -0.1) is 0 Å². The molecule has 6 heteroatoms. The molecule has 0 aliphatic rings. The smallest absolute Gasteiger partial charge is 0.203 e. The van der Waals surface area contributed by atoms with Crippen molar-refractivity contribution in [3.8, 4) is 28.5 Å². The van der Waals surface area contributed by atoms with E-state index in [0.29, 0.717) is 23.1 Å². The van der Waals surface area contributed by atoms with Crippen molar-refractivity contribution in [3.63, 3.8) is 0 Å². The first-order valence-electron chi connectivity index (χ1n) is 5.73. The normalized spacial score (nSPS) is 10.3. The highest BCUT2D eigenvalue weighted by molar-refractivity contribution is 5.77. The van der Waals surface area contributed by atoms with Gasteiger partial charge >= 0.3 is 0 Å². The molecule has 0 aliphatic carbocycles. The van der Waals surface area contributed by atoms with Gasteiger partial charge in [0.1, 0.15) is 5.82 Å². The summed E-state index contributed by atoms with van der Waals surface area (Å²) in [7, 11) is 4.73. The summed E-state index contributed by atoms with van der Waals surface area (Å²) in [6.07, 6.45) is 0. The van der Waals surface area contributed by atoms with Gasteiger partial charge in [0.2, 0.25) is 5.75 Å². The molecule has 0 fully saturated rings. The zero-order chi connectivity index (χ0) is 14.0. The van der Waals surface area contributed by atoms with E-state index in [-0.39, 0.29) is 0 Å². The average molecular weight is 263 g/mol. The number of H-pyrrole nitrogens is 1. The zero-order valence-electron chi connectivity index (χ0n) is 11.4. The molecule has 102 valence electrons. The number of rotatable bonds is 4. The lowest BCUT2D eigenvalue weighted by Crippen LogP contribution is -1.97. The van der Waals surface area contributed by atoms with Gasteiger partial charge in [-0.05, 0) is 19.1 Å². The Morgan fingerprint density at radius 3 is 2.21 bits per heavy atom. The largest absolute Gasteiger partial charge is 0.493 e.